The van der Waals surface area contributed by atoms with E-state index in [9.17, 15) is 0 Å². The fourth-order valence-corrected chi connectivity index (χ4v) is 6.72. The average molecular weight is 309 g/mol. The van der Waals surface area contributed by atoms with E-state index < -0.39 is 0 Å². The first-order valence-corrected chi connectivity index (χ1v) is 8.73. The molecular weight excluding hydrogens is 286 g/mol. The van der Waals surface area contributed by atoms with Gasteiger partial charge < -0.3 is 4.42 Å². The van der Waals surface area contributed by atoms with Crippen molar-refractivity contribution in [3.8, 4) is 11.6 Å². The van der Waals surface area contributed by atoms with E-state index in [1.807, 2.05) is 18.2 Å². The molecule has 23 heavy (non-hydrogen) atoms. The third kappa shape index (κ3) is 2.00. The summed E-state index contributed by atoms with van der Waals surface area (Å²) in [5, 5.41) is 8.80. The Balaban J connectivity index is 1.56. The lowest BCUT2D eigenvalue weighted by molar-refractivity contribution is -0.117. The van der Waals surface area contributed by atoms with E-state index in [4.69, 9.17) is 4.42 Å². The fraction of sp³-hybridized carbons (Fsp3) is 0.632. The summed E-state index contributed by atoms with van der Waals surface area (Å²) in [6.07, 6.45) is 9.52. The summed E-state index contributed by atoms with van der Waals surface area (Å²) in [5.74, 6) is 2.25. The van der Waals surface area contributed by atoms with Gasteiger partial charge in [-0.1, -0.05) is 19.9 Å². The van der Waals surface area contributed by atoms with Crippen LogP contribution in [0.3, 0.4) is 0 Å². The maximum absolute atomic E-state index is 6.16. The highest BCUT2D eigenvalue weighted by molar-refractivity contribution is 5.45. The van der Waals surface area contributed by atoms with Crippen LogP contribution in [-0.4, -0.2) is 15.2 Å². The first-order valence-electron chi connectivity index (χ1n) is 8.73. The molecular formula is C19H23N3O. The standard InChI is InChI=1S/C19H23N3O/c1-17-7-13-8-18(2,10-17)12-19(9-13,11-17)16-22-21-15(23-16)14-5-3-4-6-20-14/h3-6,13H,7-12H2,1-2H3. The molecule has 0 radical (unpaired) electrons. The van der Waals surface area contributed by atoms with E-state index in [1.165, 1.54) is 38.5 Å². The van der Waals surface area contributed by atoms with Crippen LogP contribution in [0.15, 0.2) is 28.8 Å². The number of hydrogen-bond donors (Lipinski definition) is 0. The predicted molar refractivity (Wildman–Crippen MR) is 86.6 cm³/mol. The molecule has 2 aromatic heterocycles. The second-order valence-electron chi connectivity index (χ2n) is 9.04. The van der Waals surface area contributed by atoms with Crippen LogP contribution >= 0.6 is 0 Å². The van der Waals surface area contributed by atoms with E-state index in [0.29, 0.717) is 16.7 Å². The van der Waals surface area contributed by atoms with E-state index in [2.05, 4.69) is 29.0 Å². The molecule has 4 aliphatic rings. The molecule has 2 atom stereocenters. The summed E-state index contributed by atoms with van der Waals surface area (Å²) >= 11 is 0. The van der Waals surface area contributed by atoms with Crippen molar-refractivity contribution in [1.82, 2.24) is 15.2 Å². The Morgan fingerprint density at radius 1 is 1.00 bits per heavy atom. The zero-order chi connectivity index (χ0) is 15.7. The molecule has 120 valence electrons. The lowest BCUT2D eigenvalue weighted by Gasteiger charge is -2.64. The van der Waals surface area contributed by atoms with E-state index in [-0.39, 0.29) is 5.41 Å². The molecule has 0 spiro atoms. The van der Waals surface area contributed by atoms with Gasteiger partial charge in [0.1, 0.15) is 5.69 Å². The minimum Gasteiger partial charge on any atom is -0.419 e. The van der Waals surface area contributed by atoms with Crippen molar-refractivity contribution in [2.75, 3.05) is 0 Å². The summed E-state index contributed by atoms with van der Waals surface area (Å²) in [7, 11) is 0. The number of pyridine rings is 1. The van der Waals surface area contributed by atoms with E-state index in [1.54, 1.807) is 6.20 Å². The highest BCUT2D eigenvalue weighted by atomic mass is 16.4. The monoisotopic (exact) mass is 309 g/mol. The maximum Gasteiger partial charge on any atom is 0.266 e. The van der Waals surface area contributed by atoms with Crippen molar-refractivity contribution in [1.29, 1.82) is 0 Å². The number of nitrogens with zero attached hydrogens (tertiary/aromatic N) is 3. The van der Waals surface area contributed by atoms with Crippen molar-refractivity contribution in [3.05, 3.63) is 30.3 Å². The number of aromatic nitrogens is 3. The van der Waals surface area contributed by atoms with Crippen LogP contribution in [0.2, 0.25) is 0 Å². The SMILES string of the molecule is CC12CC3CC(C)(C1)CC(c1nnc(-c4ccccn4)o1)(C3)C2. The summed E-state index contributed by atoms with van der Waals surface area (Å²) in [6, 6.07) is 5.79. The molecule has 0 amide bonds. The van der Waals surface area contributed by atoms with Crippen molar-refractivity contribution in [3.63, 3.8) is 0 Å². The molecule has 0 aromatic carbocycles. The Morgan fingerprint density at radius 3 is 2.43 bits per heavy atom. The van der Waals surface area contributed by atoms with Crippen LogP contribution in [-0.2, 0) is 5.41 Å². The minimum atomic E-state index is 0.100. The Morgan fingerprint density at radius 2 is 1.78 bits per heavy atom. The Kier molecular flexibility index (Phi) is 2.52. The third-order valence-corrected chi connectivity index (χ3v) is 6.39. The third-order valence-electron chi connectivity index (χ3n) is 6.39. The van der Waals surface area contributed by atoms with Crippen molar-refractivity contribution >= 4 is 0 Å². The fourth-order valence-electron chi connectivity index (χ4n) is 6.72. The molecule has 4 heteroatoms. The summed E-state index contributed by atoms with van der Waals surface area (Å²) in [6.45, 7) is 4.95. The van der Waals surface area contributed by atoms with Crippen LogP contribution in [0.1, 0.15) is 58.3 Å². The van der Waals surface area contributed by atoms with Gasteiger partial charge in [-0.3, -0.25) is 4.98 Å². The van der Waals surface area contributed by atoms with Gasteiger partial charge in [-0.15, -0.1) is 10.2 Å². The normalized spacial score (nSPS) is 41.4. The molecule has 2 unspecified atom stereocenters. The zero-order valence-corrected chi connectivity index (χ0v) is 13.9. The van der Waals surface area contributed by atoms with Gasteiger partial charge in [-0.25, -0.2) is 0 Å². The predicted octanol–water partition coefficient (Wildman–Crippen LogP) is 4.38. The van der Waals surface area contributed by atoms with Crippen molar-refractivity contribution < 1.29 is 4.42 Å². The topological polar surface area (TPSA) is 51.8 Å². The van der Waals surface area contributed by atoms with Gasteiger partial charge in [0.05, 0.1) is 0 Å². The molecule has 4 saturated carbocycles. The van der Waals surface area contributed by atoms with Gasteiger partial charge in [0.15, 0.2) is 0 Å². The van der Waals surface area contributed by atoms with Gasteiger partial charge in [-0.2, -0.15) is 0 Å². The molecule has 0 N–H and O–H groups in total. The van der Waals surface area contributed by atoms with Gasteiger partial charge >= 0.3 is 0 Å². The Hall–Kier alpha value is -1.71. The largest absolute Gasteiger partial charge is 0.419 e. The average Bonchev–Trinajstić information content (AvgIpc) is 2.95. The quantitative estimate of drug-likeness (QED) is 0.826. The molecule has 6 rings (SSSR count). The summed E-state index contributed by atoms with van der Waals surface area (Å²) < 4.78 is 6.16. The van der Waals surface area contributed by atoms with Gasteiger partial charge in [0, 0.05) is 11.6 Å². The van der Waals surface area contributed by atoms with E-state index >= 15 is 0 Å². The van der Waals surface area contributed by atoms with Crippen LogP contribution in [0, 0.1) is 16.7 Å². The number of hydrogen-bond acceptors (Lipinski definition) is 4. The van der Waals surface area contributed by atoms with E-state index in [0.717, 1.165) is 17.5 Å². The minimum absolute atomic E-state index is 0.100. The Labute approximate surface area is 136 Å². The summed E-state index contributed by atoms with van der Waals surface area (Å²) in [4.78, 5) is 4.34. The van der Waals surface area contributed by atoms with Crippen LogP contribution < -0.4 is 0 Å². The number of rotatable bonds is 2. The van der Waals surface area contributed by atoms with Crippen molar-refractivity contribution in [2.45, 2.75) is 57.8 Å². The smallest absolute Gasteiger partial charge is 0.266 e. The highest BCUT2D eigenvalue weighted by Crippen LogP contribution is 2.69. The molecule has 4 fully saturated rings. The summed E-state index contributed by atoms with van der Waals surface area (Å²) in [5.41, 5.74) is 1.78. The van der Waals surface area contributed by atoms with Gasteiger partial charge in [0.25, 0.3) is 5.89 Å². The molecule has 0 aliphatic heterocycles. The highest BCUT2D eigenvalue weighted by Gasteiger charge is 2.62. The molecule has 2 heterocycles. The molecule has 4 nitrogen and oxygen atoms in total. The molecule has 0 saturated heterocycles. The lowest BCUT2D eigenvalue weighted by Crippen LogP contribution is -2.57. The first kappa shape index (κ1) is 13.7. The molecule has 4 bridgehead atoms. The Bertz CT molecular complexity index is 735. The molecule has 4 aliphatic carbocycles. The van der Waals surface area contributed by atoms with Gasteiger partial charge in [0.2, 0.25) is 5.89 Å². The second-order valence-corrected chi connectivity index (χ2v) is 9.04. The van der Waals surface area contributed by atoms with Crippen molar-refractivity contribution in [2.24, 2.45) is 16.7 Å². The maximum atomic E-state index is 6.16. The zero-order valence-electron chi connectivity index (χ0n) is 13.9. The van der Waals surface area contributed by atoms with Crippen LogP contribution in [0.5, 0.6) is 0 Å². The van der Waals surface area contributed by atoms with Crippen LogP contribution in [0.4, 0.5) is 0 Å². The van der Waals surface area contributed by atoms with Crippen LogP contribution in [0.25, 0.3) is 11.6 Å². The lowest BCUT2D eigenvalue weighted by atomic mass is 9.40. The second kappa shape index (κ2) is 4.22. The first-order chi connectivity index (χ1) is 11.0. The molecule has 2 aromatic rings. The van der Waals surface area contributed by atoms with Gasteiger partial charge in [-0.05, 0) is 67.4 Å².